The zero-order valence-corrected chi connectivity index (χ0v) is 15.5. The highest BCUT2D eigenvalue weighted by Gasteiger charge is 2.19. The summed E-state index contributed by atoms with van der Waals surface area (Å²) in [6.07, 6.45) is 0.678. The van der Waals surface area contributed by atoms with Gasteiger partial charge in [-0.1, -0.05) is 36.4 Å². The molecule has 0 spiro atoms. The normalized spacial score (nSPS) is 15.1. The highest BCUT2D eigenvalue weighted by atomic mass is 16.5. The second-order valence-corrected chi connectivity index (χ2v) is 6.72. The van der Waals surface area contributed by atoms with Gasteiger partial charge < -0.3 is 14.1 Å². The van der Waals surface area contributed by atoms with Gasteiger partial charge in [0.05, 0.1) is 20.1 Å². The number of aromatic nitrogens is 2. The molecule has 0 amide bonds. The number of anilines is 1. The lowest BCUT2D eigenvalue weighted by Crippen LogP contribution is -2.46. The summed E-state index contributed by atoms with van der Waals surface area (Å²) >= 11 is 0. The first-order valence-corrected chi connectivity index (χ1v) is 9.27. The van der Waals surface area contributed by atoms with Gasteiger partial charge in [-0.2, -0.15) is 0 Å². The number of piperazine rings is 1. The number of rotatable bonds is 6. The Hall–Kier alpha value is -2.86. The van der Waals surface area contributed by atoms with Crippen LogP contribution < -0.4 is 9.64 Å². The number of ether oxygens (including phenoxy) is 1. The smallest absolute Gasteiger partial charge is 0.230 e. The second kappa shape index (κ2) is 8.22. The fourth-order valence-electron chi connectivity index (χ4n) is 3.36. The van der Waals surface area contributed by atoms with Crippen molar-refractivity contribution in [3.05, 3.63) is 71.9 Å². The van der Waals surface area contributed by atoms with Crippen LogP contribution in [0.3, 0.4) is 0 Å². The molecular weight excluding hydrogens is 340 g/mol. The summed E-state index contributed by atoms with van der Waals surface area (Å²) in [4.78, 5) is 4.74. The summed E-state index contributed by atoms with van der Waals surface area (Å²) in [6.45, 7) is 4.57. The predicted octanol–water partition coefficient (Wildman–Crippen LogP) is 2.99. The van der Waals surface area contributed by atoms with Crippen LogP contribution in [0.4, 0.5) is 5.69 Å². The van der Waals surface area contributed by atoms with Gasteiger partial charge in [0, 0.05) is 37.9 Å². The molecule has 6 heteroatoms. The van der Waals surface area contributed by atoms with E-state index in [-0.39, 0.29) is 0 Å². The largest absolute Gasteiger partial charge is 0.497 e. The molecule has 27 heavy (non-hydrogen) atoms. The summed E-state index contributed by atoms with van der Waals surface area (Å²) < 4.78 is 11.2. The average molecular weight is 364 g/mol. The lowest BCUT2D eigenvalue weighted by molar-refractivity contribution is 0.224. The highest BCUT2D eigenvalue weighted by molar-refractivity contribution is 5.51. The van der Waals surface area contributed by atoms with Crippen molar-refractivity contribution in [1.82, 2.24) is 15.1 Å². The van der Waals surface area contributed by atoms with Crippen molar-refractivity contribution in [2.45, 2.75) is 13.0 Å². The standard InChI is InChI=1S/C21H24N4O2/c1-26-19-9-5-8-18(15-19)25-12-10-24(11-13-25)16-21-23-22-20(27-21)14-17-6-3-2-4-7-17/h2-9,15H,10-14,16H2,1H3. The maximum absolute atomic E-state index is 5.84. The van der Waals surface area contributed by atoms with Crippen molar-refractivity contribution in [3.8, 4) is 5.75 Å². The molecule has 0 atom stereocenters. The Morgan fingerprint density at radius 3 is 2.48 bits per heavy atom. The van der Waals surface area contributed by atoms with Crippen molar-refractivity contribution >= 4 is 5.69 Å². The van der Waals surface area contributed by atoms with Crippen molar-refractivity contribution < 1.29 is 9.15 Å². The molecule has 6 nitrogen and oxygen atoms in total. The van der Waals surface area contributed by atoms with Gasteiger partial charge in [0.15, 0.2) is 0 Å². The Morgan fingerprint density at radius 2 is 1.70 bits per heavy atom. The summed E-state index contributed by atoms with van der Waals surface area (Å²) in [7, 11) is 1.70. The fourth-order valence-corrected chi connectivity index (χ4v) is 3.36. The summed E-state index contributed by atoms with van der Waals surface area (Å²) in [6, 6.07) is 18.4. The zero-order chi connectivity index (χ0) is 18.5. The van der Waals surface area contributed by atoms with Crippen LogP contribution >= 0.6 is 0 Å². The van der Waals surface area contributed by atoms with Gasteiger partial charge in [-0.25, -0.2) is 0 Å². The molecule has 1 fully saturated rings. The monoisotopic (exact) mass is 364 g/mol. The van der Waals surface area contributed by atoms with Crippen LogP contribution in [0.5, 0.6) is 5.75 Å². The Bertz CT molecular complexity index is 857. The number of hydrogen-bond donors (Lipinski definition) is 0. The Morgan fingerprint density at radius 1 is 0.926 bits per heavy atom. The molecule has 3 aromatic rings. The van der Waals surface area contributed by atoms with E-state index in [1.54, 1.807) is 7.11 Å². The summed E-state index contributed by atoms with van der Waals surface area (Å²) in [5.74, 6) is 2.26. The first-order valence-electron chi connectivity index (χ1n) is 9.27. The third-order valence-corrected chi connectivity index (χ3v) is 4.86. The van der Waals surface area contributed by atoms with Crippen molar-refractivity contribution in [2.75, 3.05) is 38.2 Å². The van der Waals surface area contributed by atoms with Gasteiger partial charge in [0.1, 0.15) is 5.75 Å². The third kappa shape index (κ3) is 4.46. The van der Waals surface area contributed by atoms with E-state index in [1.165, 1.54) is 11.3 Å². The number of hydrogen-bond acceptors (Lipinski definition) is 6. The van der Waals surface area contributed by atoms with E-state index in [4.69, 9.17) is 9.15 Å². The summed E-state index contributed by atoms with van der Waals surface area (Å²) in [5, 5.41) is 8.41. The van der Waals surface area contributed by atoms with Crippen LogP contribution in [0.1, 0.15) is 17.3 Å². The van der Waals surface area contributed by atoms with Crippen LogP contribution in [0.15, 0.2) is 59.0 Å². The number of methoxy groups -OCH3 is 1. The molecule has 0 aliphatic carbocycles. The van der Waals surface area contributed by atoms with Crippen LogP contribution in [-0.2, 0) is 13.0 Å². The third-order valence-electron chi connectivity index (χ3n) is 4.86. The van der Waals surface area contributed by atoms with Crippen molar-refractivity contribution in [2.24, 2.45) is 0 Å². The molecule has 1 saturated heterocycles. The van der Waals surface area contributed by atoms with Crippen molar-refractivity contribution in [1.29, 1.82) is 0 Å². The fraction of sp³-hybridized carbons (Fsp3) is 0.333. The summed E-state index contributed by atoms with van der Waals surface area (Å²) in [5.41, 5.74) is 2.39. The van der Waals surface area contributed by atoms with E-state index in [0.29, 0.717) is 24.7 Å². The molecule has 0 saturated carbocycles. The minimum absolute atomic E-state index is 0.672. The van der Waals surface area contributed by atoms with Gasteiger partial charge in [-0.05, 0) is 17.7 Å². The van der Waals surface area contributed by atoms with E-state index in [0.717, 1.165) is 31.9 Å². The Labute approximate surface area is 159 Å². The molecule has 1 aliphatic heterocycles. The number of nitrogens with zero attached hydrogens (tertiary/aromatic N) is 4. The first-order chi connectivity index (χ1) is 13.3. The maximum atomic E-state index is 5.84. The quantitative estimate of drug-likeness (QED) is 0.670. The van der Waals surface area contributed by atoms with Crippen molar-refractivity contribution in [3.63, 3.8) is 0 Å². The van der Waals surface area contributed by atoms with Gasteiger partial charge in [-0.15, -0.1) is 10.2 Å². The maximum Gasteiger partial charge on any atom is 0.230 e. The molecule has 0 unspecified atom stereocenters. The van der Waals surface area contributed by atoms with Gasteiger partial charge in [0.25, 0.3) is 0 Å². The molecule has 1 aliphatic rings. The van der Waals surface area contributed by atoms with Crippen LogP contribution in [0.2, 0.25) is 0 Å². The van der Waals surface area contributed by atoms with Gasteiger partial charge in [0.2, 0.25) is 11.8 Å². The average Bonchev–Trinajstić information content (AvgIpc) is 3.16. The minimum Gasteiger partial charge on any atom is -0.497 e. The minimum atomic E-state index is 0.672. The Kier molecular flexibility index (Phi) is 5.34. The van der Waals surface area contributed by atoms with Crippen LogP contribution in [-0.4, -0.2) is 48.4 Å². The van der Waals surface area contributed by atoms with E-state index < -0.39 is 0 Å². The molecule has 4 rings (SSSR count). The van der Waals surface area contributed by atoms with Crippen LogP contribution in [0.25, 0.3) is 0 Å². The topological polar surface area (TPSA) is 54.6 Å². The first kappa shape index (κ1) is 17.5. The molecular formula is C21H24N4O2. The van der Waals surface area contributed by atoms with Gasteiger partial charge >= 0.3 is 0 Å². The molecule has 2 aromatic carbocycles. The predicted molar refractivity (Wildman–Crippen MR) is 104 cm³/mol. The Balaban J connectivity index is 1.30. The molecule has 140 valence electrons. The number of benzene rings is 2. The van der Waals surface area contributed by atoms with E-state index in [2.05, 4.69) is 44.3 Å². The van der Waals surface area contributed by atoms with Crippen LogP contribution in [0, 0.1) is 0 Å². The molecule has 1 aromatic heterocycles. The van der Waals surface area contributed by atoms with E-state index in [9.17, 15) is 0 Å². The lowest BCUT2D eigenvalue weighted by atomic mass is 10.2. The zero-order valence-electron chi connectivity index (χ0n) is 15.5. The van der Waals surface area contributed by atoms with Gasteiger partial charge in [-0.3, -0.25) is 4.90 Å². The van der Waals surface area contributed by atoms with E-state index >= 15 is 0 Å². The SMILES string of the molecule is COc1cccc(N2CCN(Cc3nnc(Cc4ccccc4)o3)CC2)c1. The second-order valence-electron chi connectivity index (χ2n) is 6.72. The molecule has 2 heterocycles. The highest BCUT2D eigenvalue weighted by Crippen LogP contribution is 2.22. The molecule has 0 N–H and O–H groups in total. The molecule has 0 radical (unpaired) electrons. The molecule has 0 bridgehead atoms. The van der Waals surface area contributed by atoms with E-state index in [1.807, 2.05) is 30.3 Å². The lowest BCUT2D eigenvalue weighted by Gasteiger charge is -2.35.